The summed E-state index contributed by atoms with van der Waals surface area (Å²) in [4.78, 5) is 33.1. The van der Waals surface area contributed by atoms with Crippen LogP contribution in [0.3, 0.4) is 0 Å². The summed E-state index contributed by atoms with van der Waals surface area (Å²) in [5.41, 5.74) is 2.76. The first-order chi connectivity index (χ1) is 14.5. The summed E-state index contributed by atoms with van der Waals surface area (Å²) in [5, 5.41) is 0. The van der Waals surface area contributed by atoms with Crippen molar-refractivity contribution in [3.63, 3.8) is 0 Å². The molecule has 0 radical (unpaired) electrons. The second kappa shape index (κ2) is 8.50. The number of rotatable bonds is 7. The van der Waals surface area contributed by atoms with Crippen LogP contribution in [-0.2, 0) is 20.1 Å². The summed E-state index contributed by atoms with van der Waals surface area (Å²) >= 11 is 0. The Labute approximate surface area is 176 Å². The Morgan fingerprint density at radius 1 is 1.07 bits per heavy atom. The van der Waals surface area contributed by atoms with Gasteiger partial charge in [0.05, 0.1) is 0 Å². The fourth-order valence-electron chi connectivity index (χ4n) is 4.38. The predicted molar refractivity (Wildman–Crippen MR) is 121 cm³/mol. The Morgan fingerprint density at radius 3 is 2.63 bits per heavy atom. The number of fused-ring (bicyclic) bond motifs is 3. The lowest BCUT2D eigenvalue weighted by Crippen LogP contribution is -2.40. The fourth-order valence-corrected chi connectivity index (χ4v) is 4.38. The highest BCUT2D eigenvalue weighted by Gasteiger charge is 2.26. The molecule has 160 valence electrons. The molecule has 4 rings (SSSR count). The van der Waals surface area contributed by atoms with Gasteiger partial charge in [0.15, 0.2) is 11.2 Å². The molecule has 0 saturated heterocycles. The predicted octanol–water partition coefficient (Wildman–Crippen LogP) is 3.72. The molecule has 0 amide bonds. The average Bonchev–Trinajstić information content (AvgIpc) is 3.14. The molecular formula is C23H31N5O2. The zero-order valence-corrected chi connectivity index (χ0v) is 18.2. The number of hydrogen-bond donors (Lipinski definition) is 0. The molecule has 3 aromatic rings. The Hall–Kier alpha value is -2.83. The zero-order valence-electron chi connectivity index (χ0n) is 18.2. The minimum atomic E-state index is -0.277. The molecule has 0 aliphatic carbocycles. The molecule has 3 heterocycles. The Balaban J connectivity index is 1.78. The lowest BCUT2D eigenvalue weighted by Gasteiger charge is -2.29. The van der Waals surface area contributed by atoms with Crippen molar-refractivity contribution < 1.29 is 0 Å². The van der Waals surface area contributed by atoms with Crippen molar-refractivity contribution in [2.45, 2.75) is 65.5 Å². The van der Waals surface area contributed by atoms with Crippen LogP contribution in [0, 0.1) is 6.92 Å². The van der Waals surface area contributed by atoms with E-state index in [1.165, 1.54) is 27.5 Å². The van der Waals surface area contributed by atoms with E-state index >= 15 is 0 Å². The smallest absolute Gasteiger partial charge is 0.312 e. The third-order valence-corrected chi connectivity index (χ3v) is 6.02. The largest absolute Gasteiger partial charge is 0.332 e. The maximum Gasteiger partial charge on any atom is 0.332 e. The molecular weight excluding hydrogens is 378 g/mol. The molecule has 1 aliphatic heterocycles. The normalized spacial score (nSPS) is 13.8. The molecule has 0 spiro atoms. The highest BCUT2D eigenvalue weighted by atomic mass is 16.2. The van der Waals surface area contributed by atoms with Gasteiger partial charge in [0, 0.05) is 32.4 Å². The fraction of sp³-hybridized carbons (Fsp3) is 0.522. The van der Waals surface area contributed by atoms with Crippen molar-refractivity contribution in [3.8, 4) is 0 Å². The zero-order chi connectivity index (χ0) is 21.3. The van der Waals surface area contributed by atoms with Gasteiger partial charge in [0.2, 0.25) is 5.95 Å². The van der Waals surface area contributed by atoms with Crippen LogP contribution < -0.4 is 16.1 Å². The maximum absolute atomic E-state index is 13.3. The quantitative estimate of drug-likeness (QED) is 0.558. The number of imidazole rings is 1. The molecule has 7 heteroatoms. The van der Waals surface area contributed by atoms with Crippen molar-refractivity contribution in [1.82, 2.24) is 18.7 Å². The van der Waals surface area contributed by atoms with Gasteiger partial charge in [-0.3, -0.25) is 13.9 Å². The number of aryl methyl sites for hydroxylation is 3. The minimum Gasteiger partial charge on any atom is -0.312 e. The van der Waals surface area contributed by atoms with E-state index in [1.807, 2.05) is 10.6 Å². The molecule has 0 fully saturated rings. The second-order valence-electron chi connectivity index (χ2n) is 8.29. The van der Waals surface area contributed by atoms with Crippen LogP contribution in [-0.4, -0.2) is 25.2 Å². The van der Waals surface area contributed by atoms with Crippen molar-refractivity contribution in [3.05, 3.63) is 50.7 Å². The number of benzene rings is 1. The summed E-state index contributed by atoms with van der Waals surface area (Å²) in [6, 6.07) is 8.30. The van der Waals surface area contributed by atoms with Gasteiger partial charge in [-0.05, 0) is 37.5 Å². The molecule has 1 aliphatic rings. The Morgan fingerprint density at radius 2 is 1.87 bits per heavy atom. The number of hydrogen-bond acceptors (Lipinski definition) is 4. The summed E-state index contributed by atoms with van der Waals surface area (Å²) in [6.07, 6.45) is 6.31. The van der Waals surface area contributed by atoms with E-state index < -0.39 is 0 Å². The van der Waals surface area contributed by atoms with Gasteiger partial charge in [-0.25, -0.2) is 4.79 Å². The van der Waals surface area contributed by atoms with Gasteiger partial charge in [0.1, 0.15) is 0 Å². The van der Waals surface area contributed by atoms with Crippen molar-refractivity contribution in [2.75, 3.05) is 11.4 Å². The van der Waals surface area contributed by atoms with Gasteiger partial charge in [-0.2, -0.15) is 4.98 Å². The number of nitrogens with zero attached hydrogens (tertiary/aromatic N) is 5. The van der Waals surface area contributed by atoms with Crippen LogP contribution in [0.15, 0.2) is 33.9 Å². The monoisotopic (exact) mass is 409 g/mol. The summed E-state index contributed by atoms with van der Waals surface area (Å²) in [7, 11) is 1.72. The summed E-state index contributed by atoms with van der Waals surface area (Å²) in [5.74, 6) is 0.745. The van der Waals surface area contributed by atoms with Crippen molar-refractivity contribution in [1.29, 1.82) is 0 Å². The first-order valence-corrected chi connectivity index (χ1v) is 11.1. The molecule has 7 nitrogen and oxygen atoms in total. The maximum atomic E-state index is 13.3. The SMILES string of the molecule is CCCCCCCn1c(=O)c2c(nc3n2CCCN3c2cccc(C)c2)n(C)c1=O. The van der Waals surface area contributed by atoms with Crippen molar-refractivity contribution in [2.24, 2.45) is 7.05 Å². The van der Waals surface area contributed by atoms with E-state index in [1.54, 1.807) is 7.05 Å². The minimum absolute atomic E-state index is 0.214. The van der Waals surface area contributed by atoms with E-state index in [-0.39, 0.29) is 11.2 Å². The molecule has 30 heavy (non-hydrogen) atoms. The summed E-state index contributed by atoms with van der Waals surface area (Å²) < 4.78 is 4.92. The lowest BCUT2D eigenvalue weighted by atomic mass is 10.1. The van der Waals surface area contributed by atoms with Gasteiger partial charge < -0.3 is 9.47 Å². The van der Waals surface area contributed by atoms with Crippen LogP contribution in [0.1, 0.15) is 51.0 Å². The molecule has 0 saturated carbocycles. The molecule has 0 unspecified atom stereocenters. The van der Waals surface area contributed by atoms with Gasteiger partial charge in [-0.15, -0.1) is 0 Å². The number of aromatic nitrogens is 4. The Bertz CT molecular complexity index is 1170. The molecule has 0 bridgehead atoms. The summed E-state index contributed by atoms with van der Waals surface area (Å²) in [6.45, 7) is 6.29. The number of anilines is 2. The van der Waals surface area contributed by atoms with Crippen LogP contribution in [0.25, 0.3) is 11.2 Å². The third kappa shape index (κ3) is 3.57. The molecule has 2 aromatic heterocycles. The van der Waals surface area contributed by atoms with Crippen LogP contribution in [0.2, 0.25) is 0 Å². The third-order valence-electron chi connectivity index (χ3n) is 6.02. The van der Waals surface area contributed by atoms with E-state index in [9.17, 15) is 9.59 Å². The molecule has 0 atom stereocenters. The van der Waals surface area contributed by atoms with Crippen LogP contribution >= 0.6 is 0 Å². The van der Waals surface area contributed by atoms with Crippen LogP contribution in [0.5, 0.6) is 0 Å². The Kier molecular flexibility index (Phi) is 5.79. The first-order valence-electron chi connectivity index (χ1n) is 11.1. The van der Waals surface area contributed by atoms with Gasteiger partial charge in [0.25, 0.3) is 5.56 Å². The highest BCUT2D eigenvalue weighted by Crippen LogP contribution is 2.31. The molecule has 1 aromatic carbocycles. The first kappa shape index (κ1) is 20.4. The van der Waals surface area contributed by atoms with Crippen molar-refractivity contribution >= 4 is 22.8 Å². The number of unbranched alkanes of at least 4 members (excludes halogenated alkanes) is 4. The highest BCUT2D eigenvalue weighted by molar-refractivity contribution is 5.77. The topological polar surface area (TPSA) is 65.1 Å². The van der Waals surface area contributed by atoms with E-state index in [4.69, 9.17) is 4.98 Å². The second-order valence-corrected chi connectivity index (χ2v) is 8.29. The lowest BCUT2D eigenvalue weighted by molar-refractivity contribution is 0.529. The van der Waals surface area contributed by atoms with Crippen LogP contribution in [0.4, 0.5) is 11.6 Å². The van der Waals surface area contributed by atoms with Gasteiger partial charge >= 0.3 is 5.69 Å². The van der Waals surface area contributed by atoms with E-state index in [0.29, 0.717) is 17.7 Å². The van der Waals surface area contributed by atoms with E-state index in [2.05, 4.69) is 36.9 Å². The molecule has 0 N–H and O–H groups in total. The standard InChI is InChI=1S/C23H31N5O2/c1-4-5-6-7-8-13-28-21(29)19-20(25(3)23(28)30)24-22-26(14-10-15-27(19)22)18-12-9-11-17(2)16-18/h9,11-12,16H,4-8,10,13-15H2,1-3H3. The average molecular weight is 410 g/mol. The van der Waals surface area contributed by atoms with Gasteiger partial charge in [-0.1, -0.05) is 44.7 Å². The van der Waals surface area contributed by atoms with E-state index in [0.717, 1.165) is 50.4 Å².